The Labute approximate surface area is 266 Å². The van der Waals surface area contributed by atoms with E-state index in [2.05, 4.69) is 0 Å². The van der Waals surface area contributed by atoms with Crippen LogP contribution in [0.2, 0.25) is 0 Å². The molecular weight excluding hydrogens is 574 g/mol. The maximum absolute atomic E-state index is 14.6. The third-order valence-electron chi connectivity index (χ3n) is 9.88. The summed E-state index contributed by atoms with van der Waals surface area (Å²) in [6.07, 6.45) is 6.98. The summed E-state index contributed by atoms with van der Waals surface area (Å²) in [7, 11) is 1.71. The Morgan fingerprint density at radius 2 is 1.73 bits per heavy atom. The fraction of sp³-hybridized carbons (Fsp3) is 0.600. The number of carbonyl (C=O) groups excluding carboxylic acids is 4. The number of amides is 3. The summed E-state index contributed by atoms with van der Waals surface area (Å²) >= 11 is 0. The van der Waals surface area contributed by atoms with Crippen molar-refractivity contribution < 1.29 is 33.8 Å². The van der Waals surface area contributed by atoms with Gasteiger partial charge in [0.15, 0.2) is 0 Å². The molecule has 0 aromatic heterocycles. The molecule has 1 aromatic rings. The maximum Gasteiger partial charge on any atom is 0.313 e. The number of likely N-dealkylation sites (tertiary alicyclic amines) is 1. The van der Waals surface area contributed by atoms with Gasteiger partial charge in [0.25, 0.3) is 0 Å². The first-order valence-corrected chi connectivity index (χ1v) is 16.2. The second-order valence-electron chi connectivity index (χ2n) is 13.5. The highest BCUT2D eigenvalue weighted by molar-refractivity contribution is 5.99. The van der Waals surface area contributed by atoms with Gasteiger partial charge in [-0.1, -0.05) is 68.5 Å². The van der Waals surface area contributed by atoms with Crippen LogP contribution in [0.1, 0.15) is 65.5 Å². The quantitative estimate of drug-likeness (QED) is 0.383. The van der Waals surface area contributed by atoms with E-state index in [0.29, 0.717) is 12.8 Å². The number of likely N-dealkylation sites (N-methyl/N-ethyl adjacent to an activating group) is 1. The van der Waals surface area contributed by atoms with Crippen LogP contribution in [-0.4, -0.2) is 99.6 Å². The van der Waals surface area contributed by atoms with Crippen molar-refractivity contribution in [3.05, 3.63) is 60.2 Å². The molecule has 4 heterocycles. The lowest BCUT2D eigenvalue weighted by Crippen LogP contribution is -2.59. The zero-order valence-electron chi connectivity index (χ0n) is 27.2. The van der Waals surface area contributed by atoms with Gasteiger partial charge < -0.3 is 29.3 Å². The highest BCUT2D eigenvalue weighted by Gasteiger charge is 2.74. The van der Waals surface area contributed by atoms with Crippen molar-refractivity contribution in [1.29, 1.82) is 0 Å². The number of ether oxygens (including phenoxy) is 2. The van der Waals surface area contributed by atoms with Crippen molar-refractivity contribution in [2.75, 3.05) is 20.2 Å². The lowest BCUT2D eigenvalue weighted by Gasteiger charge is -2.40. The van der Waals surface area contributed by atoms with Gasteiger partial charge in [0.2, 0.25) is 17.7 Å². The van der Waals surface area contributed by atoms with E-state index in [-0.39, 0.29) is 49.3 Å². The zero-order chi connectivity index (χ0) is 32.6. The fourth-order valence-corrected chi connectivity index (χ4v) is 7.49. The van der Waals surface area contributed by atoms with Crippen molar-refractivity contribution in [2.45, 2.75) is 95.9 Å². The lowest BCUT2D eigenvalue weighted by molar-refractivity contribution is -0.164. The van der Waals surface area contributed by atoms with Crippen molar-refractivity contribution in [2.24, 2.45) is 17.8 Å². The number of aliphatic hydroxyl groups excluding tert-OH is 1. The molecule has 0 saturated carbocycles. The SMILES string of the molecule is CC(C)C[C@H](CO)N1C(=O)[C@H]2[C@@H]3C(=O)O[C@H](c4ccccc4)[C@@H](C)N(C)C(=O)CC/C=C\CN(C(C)C)C(=O)[C@H]1[C@@]21C=C[C@@H]3O1. The summed E-state index contributed by atoms with van der Waals surface area (Å²) in [5, 5.41) is 10.6. The first-order valence-electron chi connectivity index (χ1n) is 16.2. The fourth-order valence-electron chi connectivity index (χ4n) is 7.49. The molecule has 4 aliphatic rings. The van der Waals surface area contributed by atoms with Gasteiger partial charge in [0.1, 0.15) is 23.7 Å². The number of allylic oxidation sites excluding steroid dienone is 1. The number of fused-ring (bicyclic) bond motifs is 2. The number of hydrogen-bond donors (Lipinski definition) is 1. The largest absolute Gasteiger partial charge is 0.455 e. The van der Waals surface area contributed by atoms with Gasteiger partial charge in [0.05, 0.1) is 30.7 Å². The molecule has 2 saturated heterocycles. The molecule has 5 rings (SSSR count). The smallest absolute Gasteiger partial charge is 0.313 e. The average Bonchev–Trinajstić information content (AvgIpc) is 3.66. The molecule has 1 spiro atoms. The van der Waals surface area contributed by atoms with Crippen molar-refractivity contribution in [1.82, 2.24) is 14.7 Å². The zero-order valence-corrected chi connectivity index (χ0v) is 27.2. The first kappa shape index (κ1) is 32.9. The van der Waals surface area contributed by atoms with Crippen molar-refractivity contribution in [3.63, 3.8) is 0 Å². The van der Waals surface area contributed by atoms with Gasteiger partial charge >= 0.3 is 5.97 Å². The summed E-state index contributed by atoms with van der Waals surface area (Å²) in [5.74, 6) is -3.26. The van der Waals surface area contributed by atoms with E-state index in [9.17, 15) is 24.3 Å². The molecule has 2 fully saturated rings. The molecule has 0 aliphatic carbocycles. The number of esters is 1. The van der Waals surface area contributed by atoms with Crippen LogP contribution in [0, 0.1) is 17.8 Å². The standard InChI is InChI=1S/C35H47N3O7/c1-21(2)19-25(20-39)38-31-33(42)37(22(3)4)18-12-8-11-15-27(40)36(6)23(5)30(24-13-9-7-10-14-24)44-34(43)28-26-16-17-35(31,45-26)29(28)32(38)41/h7-10,12-14,16-17,21-23,25-26,28-31,39H,11,15,18-20H2,1-6H3/b12-8-/t23-,25-,26+,28-,29-,30+,31+,35-/m1/s1. The van der Waals surface area contributed by atoms with Crippen LogP contribution in [0.3, 0.4) is 0 Å². The molecule has 0 radical (unpaired) electrons. The van der Waals surface area contributed by atoms with Gasteiger partial charge in [-0.2, -0.15) is 0 Å². The summed E-state index contributed by atoms with van der Waals surface area (Å²) in [6.45, 7) is 9.63. The second-order valence-corrected chi connectivity index (χ2v) is 13.5. The van der Waals surface area contributed by atoms with Crippen molar-refractivity contribution >= 4 is 23.7 Å². The monoisotopic (exact) mass is 621 g/mol. The third kappa shape index (κ3) is 5.83. The Morgan fingerprint density at radius 3 is 2.38 bits per heavy atom. The molecule has 0 unspecified atom stereocenters. The van der Waals surface area contributed by atoms with Crippen LogP contribution in [0.4, 0.5) is 0 Å². The van der Waals surface area contributed by atoms with Crippen LogP contribution in [0.25, 0.3) is 0 Å². The number of carbonyl (C=O) groups is 4. The van der Waals surface area contributed by atoms with Gasteiger partial charge in [-0.3, -0.25) is 19.2 Å². The highest BCUT2D eigenvalue weighted by atomic mass is 16.6. The lowest BCUT2D eigenvalue weighted by atomic mass is 9.74. The topological polar surface area (TPSA) is 117 Å². The average molecular weight is 622 g/mol. The number of hydrogen-bond acceptors (Lipinski definition) is 7. The molecule has 3 amide bonds. The predicted octanol–water partition coefficient (Wildman–Crippen LogP) is 3.26. The molecule has 45 heavy (non-hydrogen) atoms. The van der Waals surface area contributed by atoms with Gasteiger partial charge in [-0.05, 0) is 45.1 Å². The molecule has 8 atom stereocenters. The van der Waals surface area contributed by atoms with Gasteiger partial charge in [-0.15, -0.1) is 0 Å². The number of benzene rings is 1. The third-order valence-corrected chi connectivity index (χ3v) is 9.88. The number of nitrogens with zero attached hydrogens (tertiary/aromatic N) is 3. The van der Waals surface area contributed by atoms with E-state index in [0.717, 1.165) is 5.56 Å². The Morgan fingerprint density at radius 1 is 1.02 bits per heavy atom. The van der Waals surface area contributed by atoms with E-state index in [1.165, 1.54) is 4.90 Å². The Hall–Kier alpha value is -3.50. The molecule has 1 aromatic carbocycles. The highest BCUT2D eigenvalue weighted by Crippen LogP contribution is 2.56. The van der Waals surface area contributed by atoms with Gasteiger partial charge in [-0.25, -0.2) is 0 Å². The minimum atomic E-state index is -1.38. The van der Waals surface area contributed by atoms with Crippen molar-refractivity contribution in [3.8, 4) is 0 Å². The van der Waals surface area contributed by atoms with Crippen LogP contribution in [-0.2, 0) is 28.7 Å². The van der Waals surface area contributed by atoms with E-state index in [4.69, 9.17) is 9.47 Å². The Kier molecular flexibility index (Phi) is 9.56. The number of aliphatic hydroxyl groups is 1. The minimum Gasteiger partial charge on any atom is -0.455 e. The van der Waals surface area contributed by atoms with E-state index in [1.54, 1.807) is 29.0 Å². The first-order chi connectivity index (χ1) is 21.4. The Balaban J connectivity index is 1.63. The second kappa shape index (κ2) is 13.1. The molecule has 1 N–H and O–H groups in total. The van der Waals surface area contributed by atoms with E-state index >= 15 is 0 Å². The normalized spacial score (nSPS) is 33.8. The summed E-state index contributed by atoms with van der Waals surface area (Å²) in [6, 6.07) is 6.87. The molecule has 4 aliphatic heterocycles. The maximum atomic E-state index is 14.6. The number of cyclic esters (lactones) is 1. The molecule has 10 heteroatoms. The molecular formula is C35H47N3O7. The number of rotatable bonds is 6. The van der Waals surface area contributed by atoms with Crippen LogP contribution >= 0.6 is 0 Å². The molecule has 244 valence electrons. The minimum absolute atomic E-state index is 0.0968. The van der Waals surface area contributed by atoms with Crippen LogP contribution in [0.5, 0.6) is 0 Å². The molecule has 5 bridgehead atoms. The van der Waals surface area contributed by atoms with E-state index < -0.39 is 53.7 Å². The molecule has 10 nitrogen and oxygen atoms in total. The summed E-state index contributed by atoms with van der Waals surface area (Å²) in [5.41, 5.74) is -0.652. The summed E-state index contributed by atoms with van der Waals surface area (Å²) < 4.78 is 12.8. The summed E-state index contributed by atoms with van der Waals surface area (Å²) in [4.78, 5) is 61.4. The van der Waals surface area contributed by atoms with Crippen LogP contribution in [0.15, 0.2) is 54.6 Å². The van der Waals surface area contributed by atoms with Gasteiger partial charge in [0, 0.05) is 26.1 Å². The van der Waals surface area contributed by atoms with Crippen LogP contribution < -0.4 is 0 Å². The van der Waals surface area contributed by atoms with E-state index in [1.807, 2.05) is 77.1 Å². The predicted molar refractivity (Wildman–Crippen MR) is 167 cm³/mol. The Bertz CT molecular complexity index is 1340.